The molecular formula is C14H23ClN4O2. The van der Waals surface area contributed by atoms with Gasteiger partial charge >= 0.3 is 0 Å². The van der Waals surface area contributed by atoms with E-state index in [1.54, 1.807) is 6.07 Å². The number of amides is 1. The second-order valence-electron chi connectivity index (χ2n) is 5.60. The summed E-state index contributed by atoms with van der Waals surface area (Å²) in [7, 11) is 0. The molecule has 0 fully saturated rings. The number of carbonyl (C=O) groups excluding carboxylic acids is 1. The summed E-state index contributed by atoms with van der Waals surface area (Å²) in [5, 5.41) is 6.31. The first kappa shape index (κ1) is 17.7. The number of halogens is 1. The normalized spacial score (nSPS) is 11.3. The van der Waals surface area contributed by atoms with Crippen LogP contribution in [0.4, 0.5) is 5.82 Å². The van der Waals surface area contributed by atoms with Crippen LogP contribution in [0.2, 0.25) is 5.15 Å². The average Bonchev–Trinajstić information content (AvgIpc) is 2.33. The first-order valence-corrected chi connectivity index (χ1v) is 7.34. The monoisotopic (exact) mass is 314 g/mol. The van der Waals surface area contributed by atoms with Gasteiger partial charge in [-0.15, -0.1) is 0 Å². The number of anilines is 1. The smallest absolute Gasteiger partial charge is 0.222 e. The van der Waals surface area contributed by atoms with Crippen LogP contribution in [0.3, 0.4) is 0 Å². The van der Waals surface area contributed by atoms with E-state index < -0.39 is 0 Å². The predicted molar refractivity (Wildman–Crippen MR) is 83.4 cm³/mol. The third-order valence-corrected chi connectivity index (χ3v) is 2.54. The summed E-state index contributed by atoms with van der Waals surface area (Å²) in [6.45, 7) is 9.12. The second kappa shape index (κ2) is 8.14. The van der Waals surface area contributed by atoms with Crippen LogP contribution in [0.25, 0.3) is 0 Å². The van der Waals surface area contributed by atoms with Gasteiger partial charge in [-0.05, 0) is 27.7 Å². The molecule has 2 N–H and O–H groups in total. The third kappa shape index (κ3) is 7.82. The topological polar surface area (TPSA) is 76.1 Å². The van der Waals surface area contributed by atoms with Crippen LogP contribution >= 0.6 is 11.6 Å². The number of hydrogen-bond acceptors (Lipinski definition) is 5. The summed E-state index contributed by atoms with van der Waals surface area (Å²) in [5.41, 5.74) is -0.222. The minimum absolute atomic E-state index is 0.00954. The lowest BCUT2D eigenvalue weighted by molar-refractivity contribution is -0.122. The summed E-state index contributed by atoms with van der Waals surface area (Å²) < 4.78 is 5.25. The molecule has 0 aliphatic heterocycles. The van der Waals surface area contributed by atoms with Crippen molar-refractivity contribution in [1.82, 2.24) is 15.3 Å². The molecule has 0 spiro atoms. The minimum Gasteiger partial charge on any atom is -0.374 e. The van der Waals surface area contributed by atoms with Gasteiger partial charge in [-0.25, -0.2) is 9.97 Å². The molecule has 0 unspecified atom stereocenters. The highest BCUT2D eigenvalue weighted by Gasteiger charge is 2.13. The lowest BCUT2D eigenvalue weighted by Gasteiger charge is -2.20. The number of nitrogens with one attached hydrogen (secondary N) is 2. The Morgan fingerprint density at radius 1 is 1.38 bits per heavy atom. The number of carbonyl (C=O) groups is 1. The van der Waals surface area contributed by atoms with E-state index in [2.05, 4.69) is 20.6 Å². The molecule has 0 radical (unpaired) electrons. The highest BCUT2D eigenvalue weighted by atomic mass is 35.5. The molecule has 0 aliphatic rings. The molecule has 118 valence electrons. The van der Waals surface area contributed by atoms with E-state index in [1.807, 2.05) is 27.7 Å². The van der Waals surface area contributed by atoms with Crippen LogP contribution in [0.5, 0.6) is 0 Å². The van der Waals surface area contributed by atoms with E-state index in [9.17, 15) is 4.79 Å². The fourth-order valence-corrected chi connectivity index (χ4v) is 1.80. The molecule has 1 aromatic heterocycles. The maximum absolute atomic E-state index is 11.7. The van der Waals surface area contributed by atoms with Crippen molar-refractivity contribution in [2.45, 2.75) is 46.3 Å². The van der Waals surface area contributed by atoms with Gasteiger partial charge < -0.3 is 15.4 Å². The molecule has 0 bridgehead atoms. The Morgan fingerprint density at radius 3 is 2.71 bits per heavy atom. The number of hydrogen-bond donors (Lipinski definition) is 2. The van der Waals surface area contributed by atoms with E-state index >= 15 is 0 Å². The van der Waals surface area contributed by atoms with Gasteiger partial charge in [-0.1, -0.05) is 11.6 Å². The molecule has 1 heterocycles. The van der Waals surface area contributed by atoms with E-state index in [0.29, 0.717) is 43.0 Å². The Morgan fingerprint density at radius 2 is 2.10 bits per heavy atom. The van der Waals surface area contributed by atoms with Crippen LogP contribution < -0.4 is 10.6 Å². The zero-order valence-electron chi connectivity index (χ0n) is 13.0. The van der Waals surface area contributed by atoms with Crippen LogP contribution in [0.1, 0.15) is 39.9 Å². The van der Waals surface area contributed by atoms with E-state index in [-0.39, 0.29) is 11.4 Å². The van der Waals surface area contributed by atoms with Crippen molar-refractivity contribution in [3.63, 3.8) is 0 Å². The van der Waals surface area contributed by atoms with Crippen molar-refractivity contribution in [3.8, 4) is 0 Å². The summed E-state index contributed by atoms with van der Waals surface area (Å²) in [4.78, 5) is 20.0. The van der Waals surface area contributed by atoms with E-state index in [1.165, 1.54) is 0 Å². The van der Waals surface area contributed by atoms with Crippen molar-refractivity contribution in [3.05, 3.63) is 17.0 Å². The van der Waals surface area contributed by atoms with Gasteiger partial charge in [0.15, 0.2) is 5.82 Å². The Balaban J connectivity index is 2.48. The zero-order chi connectivity index (χ0) is 15.9. The maximum Gasteiger partial charge on any atom is 0.222 e. The molecule has 0 saturated carbocycles. The molecule has 0 saturated heterocycles. The molecule has 21 heavy (non-hydrogen) atoms. The first-order chi connectivity index (χ1) is 9.80. The molecule has 0 atom stereocenters. The SMILES string of the molecule is CCOCc1nc(Cl)cc(NCCC(=O)NC(C)(C)C)n1. The lowest BCUT2D eigenvalue weighted by Crippen LogP contribution is -2.41. The number of nitrogens with zero attached hydrogens (tertiary/aromatic N) is 2. The van der Waals surface area contributed by atoms with Crippen LogP contribution in [0, 0.1) is 0 Å². The highest BCUT2D eigenvalue weighted by molar-refractivity contribution is 6.29. The molecule has 1 amide bonds. The predicted octanol–water partition coefficient (Wildman–Crippen LogP) is 2.38. The van der Waals surface area contributed by atoms with Gasteiger partial charge in [-0.2, -0.15) is 0 Å². The van der Waals surface area contributed by atoms with Crippen molar-refractivity contribution in [2.75, 3.05) is 18.5 Å². The van der Waals surface area contributed by atoms with Crippen molar-refractivity contribution >= 4 is 23.3 Å². The van der Waals surface area contributed by atoms with Crippen LogP contribution in [0.15, 0.2) is 6.07 Å². The average molecular weight is 315 g/mol. The summed E-state index contributed by atoms with van der Waals surface area (Å²) in [6, 6.07) is 1.62. The lowest BCUT2D eigenvalue weighted by atomic mass is 10.1. The van der Waals surface area contributed by atoms with Gasteiger partial charge in [0.05, 0.1) is 0 Å². The van der Waals surface area contributed by atoms with Gasteiger partial charge in [0.25, 0.3) is 0 Å². The van der Waals surface area contributed by atoms with Gasteiger partial charge in [0.1, 0.15) is 17.6 Å². The van der Waals surface area contributed by atoms with Gasteiger partial charge in [-0.3, -0.25) is 4.79 Å². The summed E-state index contributed by atoms with van der Waals surface area (Å²) in [6.07, 6.45) is 0.361. The van der Waals surface area contributed by atoms with Crippen molar-refractivity contribution in [1.29, 1.82) is 0 Å². The fraction of sp³-hybridized carbons (Fsp3) is 0.643. The molecule has 7 heteroatoms. The van der Waals surface area contributed by atoms with E-state index in [0.717, 1.165) is 0 Å². The summed E-state index contributed by atoms with van der Waals surface area (Å²) >= 11 is 5.93. The Hall–Kier alpha value is -1.40. The number of ether oxygens (including phenoxy) is 1. The molecule has 6 nitrogen and oxygen atoms in total. The third-order valence-electron chi connectivity index (χ3n) is 2.35. The molecular weight excluding hydrogens is 292 g/mol. The quantitative estimate of drug-likeness (QED) is 0.756. The minimum atomic E-state index is -0.222. The van der Waals surface area contributed by atoms with Crippen LogP contribution in [-0.2, 0) is 16.1 Å². The van der Waals surface area contributed by atoms with Crippen molar-refractivity contribution in [2.24, 2.45) is 0 Å². The fourth-order valence-electron chi connectivity index (χ4n) is 1.60. The molecule has 1 aromatic rings. The number of aromatic nitrogens is 2. The van der Waals surface area contributed by atoms with Gasteiger partial charge in [0.2, 0.25) is 5.91 Å². The second-order valence-corrected chi connectivity index (χ2v) is 5.99. The summed E-state index contributed by atoms with van der Waals surface area (Å²) in [5.74, 6) is 1.10. The highest BCUT2D eigenvalue weighted by Crippen LogP contribution is 2.12. The van der Waals surface area contributed by atoms with Gasteiger partial charge in [0, 0.05) is 31.2 Å². The van der Waals surface area contributed by atoms with Crippen LogP contribution in [-0.4, -0.2) is 34.6 Å². The maximum atomic E-state index is 11.7. The molecule has 0 aliphatic carbocycles. The first-order valence-electron chi connectivity index (χ1n) is 6.96. The Kier molecular flexibility index (Phi) is 6.84. The molecule has 1 rings (SSSR count). The standard InChI is InChI=1S/C14H23ClN4O2/c1-5-21-9-12-17-10(15)8-11(18-12)16-7-6-13(20)19-14(2,3)4/h8H,5-7,9H2,1-4H3,(H,19,20)(H,16,17,18). The Labute approximate surface area is 130 Å². The van der Waals surface area contributed by atoms with E-state index in [4.69, 9.17) is 16.3 Å². The largest absolute Gasteiger partial charge is 0.374 e. The molecule has 0 aromatic carbocycles. The van der Waals surface area contributed by atoms with Crippen molar-refractivity contribution < 1.29 is 9.53 Å². The Bertz CT molecular complexity index is 475. The zero-order valence-corrected chi connectivity index (χ0v) is 13.8. The number of rotatable bonds is 7.